The number of nitrogens with one attached hydrogen (secondary N) is 2. The highest BCUT2D eigenvalue weighted by molar-refractivity contribution is 6.16. The normalized spacial score (nSPS) is 13.9. The number of amides is 4. The molecule has 0 spiro atoms. The number of rotatable bonds is 9. The Morgan fingerprint density at radius 2 is 1.71 bits per heavy atom. The molecule has 214 valence electrons. The number of para-hydroxylation sites is 1. The van der Waals surface area contributed by atoms with Crippen LogP contribution in [0.25, 0.3) is 11.8 Å². The van der Waals surface area contributed by atoms with Crippen molar-refractivity contribution in [3.05, 3.63) is 118 Å². The molecule has 0 bridgehead atoms. The van der Waals surface area contributed by atoms with Crippen LogP contribution in [0.5, 0.6) is 5.75 Å². The third-order valence-corrected chi connectivity index (χ3v) is 7.12. The van der Waals surface area contributed by atoms with Crippen LogP contribution in [0.3, 0.4) is 0 Å². The summed E-state index contributed by atoms with van der Waals surface area (Å²) in [5.74, 6) is -0.631. The van der Waals surface area contributed by atoms with E-state index in [1.165, 1.54) is 12.1 Å². The van der Waals surface area contributed by atoms with Crippen molar-refractivity contribution < 1.29 is 23.5 Å². The Bertz CT molecular complexity index is 1670. The van der Waals surface area contributed by atoms with Gasteiger partial charge < -0.3 is 19.9 Å². The second-order valence-corrected chi connectivity index (χ2v) is 10.0. The first-order valence-electron chi connectivity index (χ1n) is 13.6. The Morgan fingerprint density at radius 1 is 1.00 bits per heavy atom. The van der Waals surface area contributed by atoms with Crippen LogP contribution in [-0.4, -0.2) is 33.9 Å². The van der Waals surface area contributed by atoms with Crippen molar-refractivity contribution in [1.82, 2.24) is 14.8 Å². The summed E-state index contributed by atoms with van der Waals surface area (Å²) in [4.78, 5) is 39.3. The first kappa shape index (κ1) is 28.4. The van der Waals surface area contributed by atoms with Gasteiger partial charge in [0.15, 0.2) is 0 Å². The number of aromatic nitrogens is 1. The van der Waals surface area contributed by atoms with Crippen LogP contribution < -0.4 is 15.4 Å². The number of nitrogens with zero attached hydrogens (tertiary/aromatic N) is 2. The van der Waals surface area contributed by atoms with Gasteiger partial charge in [0.2, 0.25) is 5.91 Å². The summed E-state index contributed by atoms with van der Waals surface area (Å²) in [5.41, 5.74) is 6.05. The van der Waals surface area contributed by atoms with E-state index in [0.717, 1.165) is 45.1 Å². The molecule has 3 aromatic carbocycles. The Balaban J connectivity index is 1.27. The molecule has 1 saturated heterocycles. The zero-order valence-electron chi connectivity index (χ0n) is 23.6. The molecule has 9 heteroatoms. The maximum absolute atomic E-state index is 13.1. The van der Waals surface area contributed by atoms with E-state index in [0.29, 0.717) is 18.0 Å². The van der Waals surface area contributed by atoms with E-state index in [-0.39, 0.29) is 11.5 Å². The molecule has 1 aromatic heterocycles. The Kier molecular flexibility index (Phi) is 8.19. The topological polar surface area (TPSA) is 92.7 Å². The van der Waals surface area contributed by atoms with Crippen LogP contribution >= 0.6 is 0 Å². The first-order chi connectivity index (χ1) is 20.2. The van der Waals surface area contributed by atoms with E-state index in [9.17, 15) is 18.8 Å². The monoisotopic (exact) mass is 566 g/mol. The average Bonchev–Trinajstić information content (AvgIpc) is 3.41. The fraction of sp³-hybridized carbons (Fsp3) is 0.182. The van der Waals surface area contributed by atoms with Crippen molar-refractivity contribution in [3.8, 4) is 11.4 Å². The molecule has 0 unspecified atom stereocenters. The average molecular weight is 567 g/mol. The van der Waals surface area contributed by atoms with Crippen LogP contribution in [0.15, 0.2) is 84.6 Å². The minimum absolute atomic E-state index is 0.103. The van der Waals surface area contributed by atoms with E-state index >= 15 is 0 Å². The molecule has 2 heterocycles. The molecule has 2 N–H and O–H groups in total. The fourth-order valence-electron chi connectivity index (χ4n) is 4.92. The summed E-state index contributed by atoms with van der Waals surface area (Å²) in [6.07, 6.45) is 2.36. The number of urea groups is 1. The summed E-state index contributed by atoms with van der Waals surface area (Å²) in [6, 6.07) is 22.4. The molecule has 5 rings (SSSR count). The maximum Gasteiger partial charge on any atom is 0.329 e. The zero-order chi connectivity index (χ0) is 29.8. The predicted molar refractivity (Wildman–Crippen MR) is 159 cm³/mol. The molecule has 8 nitrogen and oxygen atoms in total. The summed E-state index contributed by atoms with van der Waals surface area (Å²) in [5, 5.41) is 5.40. The molecule has 4 amide bonds. The van der Waals surface area contributed by atoms with Gasteiger partial charge in [-0.25, -0.2) is 14.1 Å². The van der Waals surface area contributed by atoms with Gasteiger partial charge in [-0.3, -0.25) is 9.59 Å². The minimum atomic E-state index is -0.643. The highest BCUT2D eigenvalue weighted by Crippen LogP contribution is 2.26. The predicted octanol–water partition coefficient (Wildman–Crippen LogP) is 5.91. The Morgan fingerprint density at radius 3 is 2.43 bits per heavy atom. The van der Waals surface area contributed by atoms with Gasteiger partial charge in [0.25, 0.3) is 5.91 Å². The summed E-state index contributed by atoms with van der Waals surface area (Å²) >= 11 is 0. The summed E-state index contributed by atoms with van der Waals surface area (Å²) < 4.78 is 21.0. The van der Waals surface area contributed by atoms with Crippen molar-refractivity contribution in [2.75, 3.05) is 11.9 Å². The number of carbonyl (C=O) groups is 3. The second kappa shape index (κ2) is 12.1. The number of ether oxygens (including phenoxy) is 1. The standard InChI is InChI=1S/C33H31FN4O4/c1-4-24-7-5-6-8-29(24)35-31(39)19-37-32(40)30(36-33(37)41)18-25-17-21(2)38(22(25)3)27-13-15-28(16-14-27)42-20-23-9-11-26(34)12-10-23/h5-18H,4,19-20H2,1-3H3,(H,35,39)(H,36,41)/b30-18+. The lowest BCUT2D eigenvalue weighted by molar-refractivity contribution is -0.127. The Hall–Kier alpha value is -5.18. The molecular formula is C33H31FN4O4. The minimum Gasteiger partial charge on any atom is -0.489 e. The quantitative estimate of drug-likeness (QED) is 0.195. The number of anilines is 1. The number of hydrogen-bond acceptors (Lipinski definition) is 4. The number of carbonyl (C=O) groups excluding carboxylic acids is 3. The number of imide groups is 1. The lowest BCUT2D eigenvalue weighted by atomic mass is 10.1. The number of halogens is 1. The maximum atomic E-state index is 13.1. The van der Waals surface area contributed by atoms with Gasteiger partial charge in [0, 0.05) is 22.8 Å². The van der Waals surface area contributed by atoms with Gasteiger partial charge in [0.1, 0.15) is 30.4 Å². The molecule has 1 aliphatic rings. The highest BCUT2D eigenvalue weighted by Gasteiger charge is 2.35. The van der Waals surface area contributed by atoms with E-state index in [4.69, 9.17) is 4.74 Å². The molecule has 0 atom stereocenters. The van der Waals surface area contributed by atoms with Gasteiger partial charge in [-0.1, -0.05) is 37.3 Å². The zero-order valence-corrected chi connectivity index (χ0v) is 23.6. The SMILES string of the molecule is CCc1ccccc1NC(=O)CN1C(=O)N/C(=C/c2cc(C)n(-c3ccc(OCc4ccc(F)cc4)cc3)c2C)C1=O. The lowest BCUT2D eigenvalue weighted by Crippen LogP contribution is -2.38. The van der Waals surface area contributed by atoms with Crippen molar-refractivity contribution in [2.24, 2.45) is 0 Å². The van der Waals surface area contributed by atoms with E-state index in [2.05, 4.69) is 10.6 Å². The molecule has 1 aliphatic heterocycles. The van der Waals surface area contributed by atoms with Crippen molar-refractivity contribution in [3.63, 3.8) is 0 Å². The third kappa shape index (κ3) is 6.10. The van der Waals surface area contributed by atoms with Crippen LogP contribution in [0.4, 0.5) is 14.9 Å². The van der Waals surface area contributed by atoms with Gasteiger partial charge >= 0.3 is 6.03 Å². The number of aryl methyl sites for hydroxylation is 2. The van der Waals surface area contributed by atoms with Crippen molar-refractivity contribution in [1.29, 1.82) is 0 Å². The molecule has 0 aliphatic carbocycles. The van der Waals surface area contributed by atoms with Crippen LogP contribution in [0, 0.1) is 19.7 Å². The molecule has 1 fully saturated rings. The van der Waals surface area contributed by atoms with Crippen LogP contribution in [0.2, 0.25) is 0 Å². The van der Waals surface area contributed by atoms with Crippen LogP contribution in [-0.2, 0) is 22.6 Å². The van der Waals surface area contributed by atoms with E-state index in [1.54, 1.807) is 24.3 Å². The summed E-state index contributed by atoms with van der Waals surface area (Å²) in [6.45, 7) is 5.79. The second-order valence-electron chi connectivity index (χ2n) is 10.0. The Labute approximate surface area is 243 Å². The molecule has 0 saturated carbocycles. The van der Waals surface area contributed by atoms with Gasteiger partial charge in [-0.15, -0.1) is 0 Å². The van der Waals surface area contributed by atoms with Gasteiger partial charge in [0.05, 0.1) is 0 Å². The summed E-state index contributed by atoms with van der Waals surface area (Å²) in [7, 11) is 0. The molecule has 42 heavy (non-hydrogen) atoms. The van der Waals surface area contributed by atoms with Crippen molar-refractivity contribution in [2.45, 2.75) is 33.8 Å². The van der Waals surface area contributed by atoms with Gasteiger partial charge in [-0.2, -0.15) is 0 Å². The largest absolute Gasteiger partial charge is 0.489 e. The van der Waals surface area contributed by atoms with E-state index in [1.807, 2.05) is 73.9 Å². The number of hydrogen-bond donors (Lipinski definition) is 2. The molecule has 0 radical (unpaired) electrons. The van der Waals surface area contributed by atoms with E-state index < -0.39 is 24.4 Å². The molecule has 4 aromatic rings. The third-order valence-electron chi connectivity index (χ3n) is 7.12. The number of benzene rings is 3. The highest BCUT2D eigenvalue weighted by atomic mass is 19.1. The lowest BCUT2D eigenvalue weighted by Gasteiger charge is -2.13. The van der Waals surface area contributed by atoms with Crippen LogP contribution in [0.1, 0.15) is 35.0 Å². The first-order valence-corrected chi connectivity index (χ1v) is 13.6. The van der Waals surface area contributed by atoms with Crippen molar-refractivity contribution >= 4 is 29.6 Å². The molecular weight excluding hydrogens is 535 g/mol. The van der Waals surface area contributed by atoms with Gasteiger partial charge in [-0.05, 0) is 91.6 Å². The fourth-order valence-corrected chi connectivity index (χ4v) is 4.92. The smallest absolute Gasteiger partial charge is 0.329 e.